The van der Waals surface area contributed by atoms with Gasteiger partial charge in [0.1, 0.15) is 5.76 Å². The first-order valence-electron chi connectivity index (χ1n) is 7.60. The SMILES string of the molecule is CCc1cnc(CNC(=O)CC(C)C2CCCNC2)o1. The highest BCUT2D eigenvalue weighted by molar-refractivity contribution is 5.76. The van der Waals surface area contributed by atoms with Crippen molar-refractivity contribution in [2.75, 3.05) is 13.1 Å². The molecule has 2 atom stereocenters. The topological polar surface area (TPSA) is 67.2 Å². The summed E-state index contributed by atoms with van der Waals surface area (Å²) in [5.74, 6) is 2.55. The van der Waals surface area contributed by atoms with Gasteiger partial charge in [0, 0.05) is 12.8 Å². The predicted octanol–water partition coefficient (Wildman–Crippen LogP) is 1.88. The van der Waals surface area contributed by atoms with E-state index in [9.17, 15) is 4.79 Å². The number of aryl methyl sites for hydroxylation is 1. The lowest BCUT2D eigenvalue weighted by Crippen LogP contribution is -2.35. The van der Waals surface area contributed by atoms with Gasteiger partial charge in [-0.2, -0.15) is 0 Å². The van der Waals surface area contributed by atoms with E-state index < -0.39 is 0 Å². The molecule has 20 heavy (non-hydrogen) atoms. The van der Waals surface area contributed by atoms with Crippen molar-refractivity contribution in [1.82, 2.24) is 15.6 Å². The minimum absolute atomic E-state index is 0.0827. The summed E-state index contributed by atoms with van der Waals surface area (Å²) in [6.07, 6.45) is 5.56. The summed E-state index contributed by atoms with van der Waals surface area (Å²) in [6.45, 7) is 6.71. The van der Waals surface area contributed by atoms with E-state index in [0.29, 0.717) is 30.7 Å². The highest BCUT2D eigenvalue weighted by Gasteiger charge is 2.22. The van der Waals surface area contributed by atoms with Crippen LogP contribution in [0.2, 0.25) is 0 Å². The van der Waals surface area contributed by atoms with Gasteiger partial charge in [-0.3, -0.25) is 4.79 Å². The third-order valence-electron chi connectivity index (χ3n) is 4.03. The van der Waals surface area contributed by atoms with E-state index >= 15 is 0 Å². The zero-order valence-corrected chi connectivity index (χ0v) is 12.4. The normalized spacial score (nSPS) is 20.6. The molecule has 1 fully saturated rings. The molecule has 0 aliphatic carbocycles. The van der Waals surface area contributed by atoms with E-state index in [0.717, 1.165) is 25.3 Å². The van der Waals surface area contributed by atoms with Gasteiger partial charge >= 0.3 is 0 Å². The molecule has 1 saturated heterocycles. The second-order valence-electron chi connectivity index (χ2n) is 5.64. The number of nitrogens with zero attached hydrogens (tertiary/aromatic N) is 1. The fourth-order valence-electron chi connectivity index (χ4n) is 2.66. The molecular formula is C15H25N3O2. The number of carbonyl (C=O) groups is 1. The molecule has 0 aromatic carbocycles. The molecule has 1 aromatic heterocycles. The van der Waals surface area contributed by atoms with Crippen molar-refractivity contribution in [3.05, 3.63) is 17.8 Å². The van der Waals surface area contributed by atoms with Crippen molar-refractivity contribution in [3.63, 3.8) is 0 Å². The first kappa shape index (κ1) is 15.0. The molecule has 5 heteroatoms. The van der Waals surface area contributed by atoms with Gasteiger partial charge in [0.15, 0.2) is 0 Å². The molecule has 1 aromatic rings. The molecule has 2 heterocycles. The Hall–Kier alpha value is -1.36. The van der Waals surface area contributed by atoms with Gasteiger partial charge in [0.05, 0.1) is 12.7 Å². The van der Waals surface area contributed by atoms with Gasteiger partial charge in [-0.15, -0.1) is 0 Å². The number of hydrogen-bond acceptors (Lipinski definition) is 4. The third-order valence-corrected chi connectivity index (χ3v) is 4.03. The minimum atomic E-state index is 0.0827. The van der Waals surface area contributed by atoms with E-state index in [4.69, 9.17) is 4.42 Å². The summed E-state index contributed by atoms with van der Waals surface area (Å²) < 4.78 is 5.47. The molecule has 5 nitrogen and oxygen atoms in total. The Balaban J connectivity index is 1.71. The van der Waals surface area contributed by atoms with Crippen LogP contribution in [0.4, 0.5) is 0 Å². The summed E-state index contributed by atoms with van der Waals surface area (Å²) in [6, 6.07) is 0. The van der Waals surface area contributed by atoms with Gasteiger partial charge in [-0.05, 0) is 37.8 Å². The highest BCUT2D eigenvalue weighted by Crippen LogP contribution is 2.22. The van der Waals surface area contributed by atoms with Crippen LogP contribution < -0.4 is 10.6 Å². The summed E-state index contributed by atoms with van der Waals surface area (Å²) >= 11 is 0. The summed E-state index contributed by atoms with van der Waals surface area (Å²) in [7, 11) is 0. The van der Waals surface area contributed by atoms with Gasteiger partial charge in [-0.25, -0.2) is 4.98 Å². The smallest absolute Gasteiger partial charge is 0.220 e. The fraction of sp³-hybridized carbons (Fsp3) is 0.733. The molecule has 112 valence electrons. The van der Waals surface area contributed by atoms with Crippen LogP contribution in [-0.4, -0.2) is 24.0 Å². The van der Waals surface area contributed by atoms with Crippen molar-refractivity contribution < 1.29 is 9.21 Å². The average molecular weight is 279 g/mol. The maximum Gasteiger partial charge on any atom is 0.220 e. The van der Waals surface area contributed by atoms with Crippen LogP contribution in [0.5, 0.6) is 0 Å². The Kier molecular flexibility index (Phi) is 5.59. The Bertz CT molecular complexity index is 425. The van der Waals surface area contributed by atoms with Crippen molar-refractivity contribution in [2.45, 2.75) is 46.1 Å². The quantitative estimate of drug-likeness (QED) is 0.834. The monoisotopic (exact) mass is 279 g/mol. The van der Waals surface area contributed by atoms with Gasteiger partial charge < -0.3 is 15.1 Å². The number of piperidine rings is 1. The molecule has 2 rings (SSSR count). The molecule has 1 amide bonds. The summed E-state index contributed by atoms with van der Waals surface area (Å²) in [5.41, 5.74) is 0. The third kappa shape index (κ3) is 4.34. The number of oxazole rings is 1. The second-order valence-corrected chi connectivity index (χ2v) is 5.64. The summed E-state index contributed by atoms with van der Waals surface area (Å²) in [4.78, 5) is 16.1. The van der Waals surface area contributed by atoms with Crippen molar-refractivity contribution in [3.8, 4) is 0 Å². The number of carbonyl (C=O) groups excluding carboxylic acids is 1. The summed E-state index contributed by atoms with van der Waals surface area (Å²) in [5, 5.41) is 6.29. The molecule has 1 aliphatic heterocycles. The van der Waals surface area contributed by atoms with E-state index in [1.807, 2.05) is 6.92 Å². The molecule has 0 bridgehead atoms. The molecular weight excluding hydrogens is 254 g/mol. The van der Waals surface area contributed by atoms with Crippen LogP contribution in [0.1, 0.15) is 44.8 Å². The Morgan fingerprint density at radius 2 is 2.50 bits per heavy atom. The molecule has 0 radical (unpaired) electrons. The van der Waals surface area contributed by atoms with E-state index in [-0.39, 0.29) is 5.91 Å². The zero-order chi connectivity index (χ0) is 14.4. The van der Waals surface area contributed by atoms with Crippen LogP contribution >= 0.6 is 0 Å². The Morgan fingerprint density at radius 1 is 1.65 bits per heavy atom. The lowest BCUT2D eigenvalue weighted by molar-refractivity contribution is -0.122. The zero-order valence-electron chi connectivity index (χ0n) is 12.4. The number of aromatic nitrogens is 1. The molecule has 0 saturated carbocycles. The molecule has 2 N–H and O–H groups in total. The van der Waals surface area contributed by atoms with E-state index in [2.05, 4.69) is 22.5 Å². The van der Waals surface area contributed by atoms with E-state index in [1.54, 1.807) is 6.20 Å². The highest BCUT2D eigenvalue weighted by atomic mass is 16.4. The Morgan fingerprint density at radius 3 is 3.15 bits per heavy atom. The van der Waals surface area contributed by atoms with Crippen LogP contribution in [0, 0.1) is 11.8 Å². The van der Waals surface area contributed by atoms with Gasteiger partial charge in [-0.1, -0.05) is 13.8 Å². The van der Waals surface area contributed by atoms with Crippen molar-refractivity contribution in [1.29, 1.82) is 0 Å². The van der Waals surface area contributed by atoms with Gasteiger partial charge in [0.2, 0.25) is 11.8 Å². The van der Waals surface area contributed by atoms with Crippen LogP contribution in [0.25, 0.3) is 0 Å². The predicted molar refractivity (Wildman–Crippen MR) is 77.1 cm³/mol. The first-order valence-corrected chi connectivity index (χ1v) is 7.60. The van der Waals surface area contributed by atoms with Crippen LogP contribution in [-0.2, 0) is 17.8 Å². The lowest BCUT2D eigenvalue weighted by atomic mass is 9.85. The molecule has 1 aliphatic rings. The fourth-order valence-corrected chi connectivity index (χ4v) is 2.66. The first-order chi connectivity index (χ1) is 9.69. The number of hydrogen-bond donors (Lipinski definition) is 2. The second kappa shape index (κ2) is 7.43. The van der Waals surface area contributed by atoms with E-state index in [1.165, 1.54) is 12.8 Å². The number of nitrogens with one attached hydrogen (secondary N) is 2. The van der Waals surface area contributed by atoms with Crippen molar-refractivity contribution >= 4 is 5.91 Å². The largest absolute Gasteiger partial charge is 0.444 e. The van der Waals surface area contributed by atoms with Crippen molar-refractivity contribution in [2.24, 2.45) is 11.8 Å². The molecule has 0 spiro atoms. The van der Waals surface area contributed by atoms with Crippen LogP contribution in [0.15, 0.2) is 10.6 Å². The standard InChI is InChI=1S/C15H25N3O2/c1-3-13-9-18-15(20-13)10-17-14(19)7-11(2)12-5-4-6-16-8-12/h9,11-12,16H,3-8,10H2,1-2H3,(H,17,19). The van der Waals surface area contributed by atoms with Crippen LogP contribution in [0.3, 0.4) is 0 Å². The molecule has 2 unspecified atom stereocenters. The maximum atomic E-state index is 11.9. The van der Waals surface area contributed by atoms with Gasteiger partial charge in [0.25, 0.3) is 0 Å². The number of amides is 1. The maximum absolute atomic E-state index is 11.9. The lowest BCUT2D eigenvalue weighted by Gasteiger charge is -2.27. The Labute approximate surface area is 120 Å². The number of rotatable bonds is 6. The average Bonchev–Trinajstić information content (AvgIpc) is 2.94. The minimum Gasteiger partial charge on any atom is -0.444 e.